The van der Waals surface area contributed by atoms with E-state index >= 15 is 0 Å². The largest absolute Gasteiger partial charge is 0.347 e. The summed E-state index contributed by atoms with van der Waals surface area (Å²) in [5.74, 6) is -0.0150. The molecule has 0 radical (unpaired) electrons. The van der Waals surface area contributed by atoms with Crippen molar-refractivity contribution < 1.29 is 9.59 Å². The van der Waals surface area contributed by atoms with E-state index in [-0.39, 0.29) is 17.9 Å². The van der Waals surface area contributed by atoms with Crippen molar-refractivity contribution in [3.63, 3.8) is 0 Å². The Bertz CT molecular complexity index is 796. The van der Waals surface area contributed by atoms with E-state index in [4.69, 9.17) is 0 Å². The first-order chi connectivity index (χ1) is 12.5. The lowest BCUT2D eigenvalue weighted by atomic mass is 10.1. The average molecular weight is 354 g/mol. The molecule has 1 aliphatic heterocycles. The van der Waals surface area contributed by atoms with Crippen LogP contribution >= 0.6 is 0 Å². The monoisotopic (exact) mass is 354 g/mol. The van der Waals surface area contributed by atoms with Crippen molar-refractivity contribution in [3.05, 3.63) is 47.5 Å². The minimum absolute atomic E-state index is 0.0228. The molecule has 0 unspecified atom stereocenters. The van der Waals surface area contributed by atoms with Gasteiger partial charge in [-0.05, 0) is 52.2 Å². The molecular formula is C20H26N4O2. The summed E-state index contributed by atoms with van der Waals surface area (Å²) in [7, 11) is 0. The SMILES string of the molecule is CCN(C(=O)c1nc(C(=O)NC(C)C)n2c1CCCC2)c1ccccc1. The highest BCUT2D eigenvalue weighted by atomic mass is 16.2. The first-order valence-electron chi connectivity index (χ1n) is 9.30. The zero-order valence-corrected chi connectivity index (χ0v) is 15.7. The maximum atomic E-state index is 13.2. The maximum Gasteiger partial charge on any atom is 0.287 e. The average Bonchev–Trinajstić information content (AvgIpc) is 3.02. The predicted molar refractivity (Wildman–Crippen MR) is 102 cm³/mol. The van der Waals surface area contributed by atoms with Gasteiger partial charge in [0.2, 0.25) is 0 Å². The number of nitrogens with zero attached hydrogens (tertiary/aromatic N) is 3. The number of amides is 2. The molecule has 6 heteroatoms. The van der Waals surface area contributed by atoms with Crippen molar-refractivity contribution in [2.45, 2.75) is 52.6 Å². The fourth-order valence-electron chi connectivity index (χ4n) is 3.39. The van der Waals surface area contributed by atoms with Gasteiger partial charge in [0.25, 0.3) is 11.8 Å². The van der Waals surface area contributed by atoms with Crippen LogP contribution in [0, 0.1) is 0 Å². The van der Waals surface area contributed by atoms with Crippen LogP contribution in [0.1, 0.15) is 60.4 Å². The lowest BCUT2D eigenvalue weighted by Gasteiger charge is -2.22. The van der Waals surface area contributed by atoms with Gasteiger partial charge in [-0.1, -0.05) is 18.2 Å². The van der Waals surface area contributed by atoms with Crippen molar-refractivity contribution in [1.82, 2.24) is 14.9 Å². The molecule has 0 bridgehead atoms. The smallest absolute Gasteiger partial charge is 0.287 e. The molecule has 0 saturated heterocycles. The quantitative estimate of drug-likeness (QED) is 0.897. The van der Waals surface area contributed by atoms with Gasteiger partial charge in [-0.15, -0.1) is 0 Å². The first-order valence-corrected chi connectivity index (χ1v) is 9.30. The topological polar surface area (TPSA) is 67.2 Å². The molecule has 1 N–H and O–H groups in total. The second kappa shape index (κ2) is 7.72. The van der Waals surface area contributed by atoms with Crippen LogP contribution in [0.2, 0.25) is 0 Å². The summed E-state index contributed by atoms with van der Waals surface area (Å²) < 4.78 is 1.92. The molecule has 26 heavy (non-hydrogen) atoms. The summed E-state index contributed by atoms with van der Waals surface area (Å²) in [5, 5.41) is 2.89. The lowest BCUT2D eigenvalue weighted by molar-refractivity contribution is 0.0927. The number of para-hydroxylation sites is 1. The Labute approximate surface area is 154 Å². The van der Waals surface area contributed by atoms with Gasteiger partial charge in [-0.25, -0.2) is 4.98 Å². The summed E-state index contributed by atoms with van der Waals surface area (Å²) in [6.07, 6.45) is 2.78. The van der Waals surface area contributed by atoms with Gasteiger partial charge in [-0.3, -0.25) is 9.59 Å². The Kier molecular flexibility index (Phi) is 5.40. The number of fused-ring (bicyclic) bond motifs is 1. The number of hydrogen-bond donors (Lipinski definition) is 1. The number of hydrogen-bond acceptors (Lipinski definition) is 3. The van der Waals surface area contributed by atoms with Crippen LogP contribution in [-0.2, 0) is 13.0 Å². The summed E-state index contributed by atoms with van der Waals surface area (Å²) >= 11 is 0. The molecular weight excluding hydrogens is 328 g/mol. The number of carbonyl (C=O) groups is 2. The van der Waals surface area contributed by atoms with E-state index in [9.17, 15) is 9.59 Å². The van der Waals surface area contributed by atoms with Crippen LogP contribution in [0.25, 0.3) is 0 Å². The highest BCUT2D eigenvalue weighted by Crippen LogP contribution is 2.24. The molecule has 0 saturated carbocycles. The highest BCUT2D eigenvalue weighted by Gasteiger charge is 2.30. The number of anilines is 1. The minimum atomic E-state index is -0.218. The third-order valence-electron chi connectivity index (χ3n) is 4.57. The fourth-order valence-corrected chi connectivity index (χ4v) is 3.39. The standard InChI is InChI=1S/C20H26N4O2/c1-4-23(15-10-6-5-7-11-15)20(26)17-16-12-8-9-13-24(16)18(22-17)19(25)21-14(2)3/h5-7,10-11,14H,4,8-9,12-13H2,1-3H3,(H,21,25). The molecule has 0 spiro atoms. The van der Waals surface area contributed by atoms with Crippen LogP contribution < -0.4 is 10.2 Å². The van der Waals surface area contributed by atoms with Crippen LogP contribution in [0.15, 0.2) is 30.3 Å². The number of benzene rings is 1. The van der Waals surface area contributed by atoms with Crippen LogP contribution in [0.4, 0.5) is 5.69 Å². The Morgan fingerprint density at radius 1 is 1.23 bits per heavy atom. The normalized spacial score (nSPS) is 13.4. The van der Waals surface area contributed by atoms with E-state index in [0.717, 1.165) is 37.2 Å². The van der Waals surface area contributed by atoms with E-state index in [2.05, 4.69) is 10.3 Å². The zero-order chi connectivity index (χ0) is 18.7. The Morgan fingerprint density at radius 2 is 1.96 bits per heavy atom. The molecule has 1 aromatic carbocycles. The van der Waals surface area contributed by atoms with Crippen LogP contribution in [0.3, 0.4) is 0 Å². The molecule has 6 nitrogen and oxygen atoms in total. The summed E-state index contributed by atoms with van der Waals surface area (Å²) in [5.41, 5.74) is 2.12. The van der Waals surface area contributed by atoms with E-state index in [0.29, 0.717) is 18.1 Å². The zero-order valence-electron chi connectivity index (χ0n) is 15.7. The molecule has 2 aromatic rings. The fraction of sp³-hybridized carbons (Fsp3) is 0.450. The molecule has 0 aliphatic carbocycles. The number of nitrogens with one attached hydrogen (secondary N) is 1. The van der Waals surface area contributed by atoms with Gasteiger partial charge in [0.15, 0.2) is 11.5 Å². The van der Waals surface area contributed by atoms with Crippen molar-refractivity contribution >= 4 is 17.5 Å². The van der Waals surface area contributed by atoms with Gasteiger partial charge >= 0.3 is 0 Å². The molecule has 138 valence electrons. The van der Waals surface area contributed by atoms with Gasteiger partial charge < -0.3 is 14.8 Å². The van der Waals surface area contributed by atoms with Gasteiger partial charge in [0, 0.05) is 24.8 Å². The molecule has 2 heterocycles. The highest BCUT2D eigenvalue weighted by molar-refractivity contribution is 6.06. The van der Waals surface area contributed by atoms with Gasteiger partial charge in [-0.2, -0.15) is 0 Å². The summed E-state index contributed by atoms with van der Waals surface area (Å²) in [4.78, 5) is 32.0. The van der Waals surface area contributed by atoms with Gasteiger partial charge in [0.05, 0.1) is 5.69 Å². The summed E-state index contributed by atoms with van der Waals surface area (Å²) in [6.45, 7) is 7.05. The van der Waals surface area contributed by atoms with Crippen molar-refractivity contribution in [2.75, 3.05) is 11.4 Å². The Balaban J connectivity index is 2.00. The predicted octanol–water partition coefficient (Wildman–Crippen LogP) is 3.02. The van der Waals surface area contributed by atoms with Crippen molar-refractivity contribution in [3.8, 4) is 0 Å². The van der Waals surface area contributed by atoms with Crippen molar-refractivity contribution in [1.29, 1.82) is 0 Å². The van der Waals surface area contributed by atoms with E-state index in [1.54, 1.807) is 4.90 Å². The molecule has 3 rings (SSSR count). The molecule has 2 amide bonds. The molecule has 0 atom stereocenters. The van der Waals surface area contributed by atoms with E-state index in [1.807, 2.05) is 55.7 Å². The van der Waals surface area contributed by atoms with Crippen LogP contribution in [-0.4, -0.2) is 34.0 Å². The molecule has 0 fully saturated rings. The number of rotatable bonds is 5. The number of imidazole rings is 1. The number of carbonyl (C=O) groups excluding carboxylic acids is 2. The molecule has 1 aromatic heterocycles. The second-order valence-electron chi connectivity index (χ2n) is 6.85. The summed E-state index contributed by atoms with van der Waals surface area (Å²) in [6, 6.07) is 9.60. The molecule has 1 aliphatic rings. The van der Waals surface area contributed by atoms with Crippen molar-refractivity contribution in [2.24, 2.45) is 0 Å². The second-order valence-corrected chi connectivity index (χ2v) is 6.85. The Morgan fingerprint density at radius 3 is 2.62 bits per heavy atom. The third kappa shape index (κ3) is 3.49. The first kappa shape index (κ1) is 18.2. The lowest BCUT2D eigenvalue weighted by Crippen LogP contribution is -2.33. The van der Waals surface area contributed by atoms with E-state index < -0.39 is 0 Å². The van der Waals surface area contributed by atoms with Gasteiger partial charge in [0.1, 0.15) is 0 Å². The minimum Gasteiger partial charge on any atom is -0.347 e. The van der Waals surface area contributed by atoms with Crippen LogP contribution in [0.5, 0.6) is 0 Å². The Hall–Kier alpha value is -2.63. The van der Waals surface area contributed by atoms with E-state index in [1.165, 1.54) is 0 Å². The third-order valence-corrected chi connectivity index (χ3v) is 4.57. The number of aromatic nitrogens is 2. The maximum absolute atomic E-state index is 13.2.